The molecule has 0 unspecified atom stereocenters. The van der Waals surface area contributed by atoms with Crippen LogP contribution in [0.5, 0.6) is 0 Å². The van der Waals surface area contributed by atoms with E-state index in [0.717, 1.165) is 27.9 Å². The van der Waals surface area contributed by atoms with Crippen molar-refractivity contribution in [1.29, 1.82) is 0 Å². The fraction of sp³-hybridized carbons (Fsp3) is 0. The Morgan fingerprint density at radius 1 is 0.667 bits per heavy atom. The number of benzene rings is 3. The summed E-state index contributed by atoms with van der Waals surface area (Å²) < 4.78 is 13.3. The van der Waals surface area contributed by atoms with Crippen LogP contribution >= 0.6 is 0 Å². The van der Waals surface area contributed by atoms with Crippen molar-refractivity contribution in [2.45, 2.75) is 0 Å². The summed E-state index contributed by atoms with van der Waals surface area (Å²) in [5.41, 5.74) is 6.18. The van der Waals surface area contributed by atoms with Gasteiger partial charge in [-0.25, -0.2) is 9.37 Å². The number of hydrogen-bond donors (Lipinski definition) is 0. The van der Waals surface area contributed by atoms with Gasteiger partial charge in [0.2, 0.25) is 0 Å². The first-order valence-electron chi connectivity index (χ1n) is 8.73. The Hall–Kier alpha value is -3.59. The molecule has 1 aliphatic carbocycles. The smallest absolute Gasteiger partial charge is 0.196 e. The second kappa shape index (κ2) is 5.99. The molecule has 1 heterocycles. The molecule has 0 atom stereocenters. The maximum absolute atomic E-state index is 13.3. The molecular weight excluding hydrogens is 337 g/mol. The topological polar surface area (TPSA) is 30.0 Å². The number of ketones is 1. The highest BCUT2D eigenvalue weighted by molar-refractivity contribution is 6.24. The summed E-state index contributed by atoms with van der Waals surface area (Å²) in [6.07, 6.45) is 0. The monoisotopic (exact) mass is 351 g/mol. The minimum Gasteiger partial charge on any atom is -0.288 e. The highest BCUT2D eigenvalue weighted by Gasteiger charge is 2.31. The van der Waals surface area contributed by atoms with Crippen LogP contribution in [0.2, 0.25) is 0 Å². The van der Waals surface area contributed by atoms with Gasteiger partial charge < -0.3 is 0 Å². The minimum atomic E-state index is -0.288. The van der Waals surface area contributed by atoms with Crippen LogP contribution in [0.25, 0.3) is 33.6 Å². The lowest BCUT2D eigenvalue weighted by Crippen LogP contribution is -2.00. The van der Waals surface area contributed by atoms with Crippen LogP contribution in [0.3, 0.4) is 0 Å². The molecule has 1 aliphatic rings. The van der Waals surface area contributed by atoms with E-state index in [1.807, 2.05) is 60.7 Å². The molecule has 4 aromatic rings. The zero-order valence-corrected chi connectivity index (χ0v) is 14.3. The third-order valence-corrected chi connectivity index (χ3v) is 4.90. The standard InChI is InChI=1S/C24H14FNO/c25-17-12-10-16(11-13-17)21-14-20(15-6-2-1-3-7-15)22-23(26-21)18-8-4-5-9-19(18)24(22)27/h1-14H. The van der Waals surface area contributed by atoms with Crippen molar-refractivity contribution < 1.29 is 9.18 Å². The fourth-order valence-electron chi connectivity index (χ4n) is 3.61. The zero-order valence-electron chi connectivity index (χ0n) is 14.3. The van der Waals surface area contributed by atoms with E-state index in [2.05, 4.69) is 0 Å². The van der Waals surface area contributed by atoms with Gasteiger partial charge in [0, 0.05) is 16.7 Å². The van der Waals surface area contributed by atoms with E-state index < -0.39 is 0 Å². The van der Waals surface area contributed by atoms with Crippen molar-refractivity contribution in [2.75, 3.05) is 0 Å². The molecule has 0 saturated carbocycles. The molecule has 2 nitrogen and oxygen atoms in total. The molecule has 5 rings (SSSR count). The third kappa shape index (κ3) is 2.48. The SMILES string of the molecule is O=C1c2ccccc2-c2nc(-c3ccc(F)cc3)cc(-c3ccccc3)c21. The molecule has 0 radical (unpaired) electrons. The van der Waals surface area contributed by atoms with E-state index in [1.54, 1.807) is 12.1 Å². The summed E-state index contributed by atoms with van der Waals surface area (Å²) in [7, 11) is 0. The van der Waals surface area contributed by atoms with E-state index in [1.165, 1.54) is 12.1 Å². The second-order valence-corrected chi connectivity index (χ2v) is 6.53. The molecule has 0 saturated heterocycles. The molecule has 0 fully saturated rings. The predicted octanol–water partition coefficient (Wildman–Crippen LogP) is 5.77. The van der Waals surface area contributed by atoms with Gasteiger partial charge in [-0.1, -0.05) is 54.6 Å². The van der Waals surface area contributed by atoms with E-state index in [4.69, 9.17) is 4.98 Å². The van der Waals surface area contributed by atoms with E-state index in [0.29, 0.717) is 16.8 Å². The summed E-state index contributed by atoms with van der Waals surface area (Å²) in [5, 5.41) is 0. The minimum absolute atomic E-state index is 0.00221. The number of carbonyl (C=O) groups excluding carboxylic acids is 1. The molecule has 3 aromatic carbocycles. The van der Waals surface area contributed by atoms with Crippen LogP contribution in [0.1, 0.15) is 15.9 Å². The zero-order chi connectivity index (χ0) is 18.4. The second-order valence-electron chi connectivity index (χ2n) is 6.53. The molecular formula is C24H14FNO. The highest BCUT2D eigenvalue weighted by Crippen LogP contribution is 2.42. The predicted molar refractivity (Wildman–Crippen MR) is 104 cm³/mol. The Bertz CT molecular complexity index is 1180. The van der Waals surface area contributed by atoms with E-state index in [9.17, 15) is 9.18 Å². The molecule has 27 heavy (non-hydrogen) atoms. The van der Waals surface area contributed by atoms with Crippen LogP contribution in [0.4, 0.5) is 4.39 Å². The number of fused-ring (bicyclic) bond motifs is 3. The van der Waals surface area contributed by atoms with E-state index >= 15 is 0 Å². The van der Waals surface area contributed by atoms with Crippen molar-refractivity contribution in [3.05, 3.63) is 102 Å². The Labute approximate surface area is 156 Å². The molecule has 3 heteroatoms. The van der Waals surface area contributed by atoms with Gasteiger partial charge in [0.15, 0.2) is 5.78 Å². The first-order valence-corrected chi connectivity index (χ1v) is 8.73. The van der Waals surface area contributed by atoms with Crippen LogP contribution in [-0.4, -0.2) is 10.8 Å². The molecule has 0 spiro atoms. The van der Waals surface area contributed by atoms with Gasteiger partial charge in [0.1, 0.15) is 5.82 Å². The summed E-state index contributed by atoms with van der Waals surface area (Å²) >= 11 is 0. The van der Waals surface area contributed by atoms with Gasteiger partial charge in [0.25, 0.3) is 0 Å². The normalized spacial score (nSPS) is 12.0. The largest absolute Gasteiger partial charge is 0.288 e. The lowest BCUT2D eigenvalue weighted by atomic mass is 9.96. The molecule has 0 amide bonds. The third-order valence-electron chi connectivity index (χ3n) is 4.90. The number of pyridine rings is 1. The number of nitrogens with zero attached hydrogens (tertiary/aromatic N) is 1. The van der Waals surface area contributed by atoms with Crippen LogP contribution < -0.4 is 0 Å². The Kier molecular flexibility index (Phi) is 3.47. The van der Waals surface area contributed by atoms with E-state index in [-0.39, 0.29) is 11.6 Å². The van der Waals surface area contributed by atoms with Crippen LogP contribution in [0.15, 0.2) is 84.9 Å². The number of halogens is 1. The quantitative estimate of drug-likeness (QED) is 0.404. The fourth-order valence-corrected chi connectivity index (χ4v) is 3.61. The molecule has 1 aromatic heterocycles. The number of rotatable bonds is 2. The van der Waals surface area contributed by atoms with Gasteiger partial charge in [-0.15, -0.1) is 0 Å². The lowest BCUT2D eigenvalue weighted by Gasteiger charge is -2.11. The van der Waals surface area contributed by atoms with Crippen LogP contribution in [0, 0.1) is 5.82 Å². The van der Waals surface area contributed by atoms with Gasteiger partial charge in [-0.2, -0.15) is 0 Å². The first kappa shape index (κ1) is 15.6. The average Bonchev–Trinajstić information content (AvgIpc) is 3.01. The maximum Gasteiger partial charge on any atom is 0.196 e. The number of aromatic nitrogens is 1. The summed E-state index contributed by atoms with van der Waals surface area (Å²) in [6.45, 7) is 0. The van der Waals surface area contributed by atoms with Gasteiger partial charge in [-0.05, 0) is 41.5 Å². The summed E-state index contributed by atoms with van der Waals surface area (Å²) in [4.78, 5) is 17.9. The van der Waals surface area contributed by atoms with Gasteiger partial charge in [-0.3, -0.25) is 4.79 Å². The van der Waals surface area contributed by atoms with Crippen molar-refractivity contribution in [1.82, 2.24) is 4.98 Å². The Balaban J connectivity index is 1.82. The van der Waals surface area contributed by atoms with Crippen molar-refractivity contribution >= 4 is 5.78 Å². The average molecular weight is 351 g/mol. The van der Waals surface area contributed by atoms with Crippen LogP contribution in [-0.2, 0) is 0 Å². The number of hydrogen-bond acceptors (Lipinski definition) is 2. The van der Waals surface area contributed by atoms with Gasteiger partial charge >= 0.3 is 0 Å². The Morgan fingerprint density at radius 3 is 2.07 bits per heavy atom. The molecule has 128 valence electrons. The first-order chi connectivity index (χ1) is 13.2. The molecule has 0 bridgehead atoms. The van der Waals surface area contributed by atoms with Gasteiger partial charge in [0.05, 0.1) is 17.0 Å². The summed E-state index contributed by atoms with van der Waals surface area (Å²) in [6, 6.07) is 25.6. The van der Waals surface area contributed by atoms with Crippen molar-refractivity contribution in [3.8, 4) is 33.6 Å². The highest BCUT2D eigenvalue weighted by atomic mass is 19.1. The number of carbonyl (C=O) groups is 1. The lowest BCUT2D eigenvalue weighted by molar-refractivity contribution is 0.104. The van der Waals surface area contributed by atoms with Crippen molar-refractivity contribution in [3.63, 3.8) is 0 Å². The van der Waals surface area contributed by atoms with Crippen molar-refractivity contribution in [2.24, 2.45) is 0 Å². The maximum atomic E-state index is 13.3. The summed E-state index contributed by atoms with van der Waals surface area (Å²) in [5.74, 6) is -0.290. The Morgan fingerprint density at radius 2 is 1.33 bits per heavy atom. The molecule has 0 N–H and O–H groups in total. The molecule has 0 aliphatic heterocycles.